The van der Waals surface area contributed by atoms with Gasteiger partial charge in [-0.15, -0.1) is 0 Å². The molecular weight excluding hydrogens is 418 g/mol. The van der Waals surface area contributed by atoms with E-state index < -0.39 is 5.41 Å². The molecule has 176 valence electrons. The first-order valence-corrected chi connectivity index (χ1v) is 12.0. The number of ether oxygens (including phenoxy) is 2. The van der Waals surface area contributed by atoms with Crippen molar-refractivity contribution in [2.24, 2.45) is 0 Å². The second-order valence-electron chi connectivity index (χ2n) is 9.07. The van der Waals surface area contributed by atoms with E-state index >= 15 is 0 Å². The molecule has 3 saturated heterocycles. The van der Waals surface area contributed by atoms with Crippen LogP contribution in [0.4, 0.5) is 17.6 Å². The third-order valence-electron chi connectivity index (χ3n) is 7.26. The maximum absolute atomic E-state index is 12.8. The van der Waals surface area contributed by atoms with Gasteiger partial charge in [-0.25, -0.2) is 0 Å². The molecule has 5 rings (SSSR count). The minimum absolute atomic E-state index is 0.249. The van der Waals surface area contributed by atoms with Crippen LogP contribution in [0.3, 0.4) is 0 Å². The van der Waals surface area contributed by atoms with Crippen LogP contribution in [0, 0.1) is 0 Å². The predicted octanol–water partition coefficient (Wildman–Crippen LogP) is 2.28. The van der Waals surface area contributed by atoms with E-state index in [1.165, 1.54) is 0 Å². The van der Waals surface area contributed by atoms with Gasteiger partial charge < -0.3 is 24.2 Å². The minimum Gasteiger partial charge on any atom is -0.378 e. The molecule has 4 heterocycles. The summed E-state index contributed by atoms with van der Waals surface area (Å²) in [5.41, 5.74) is 0.716. The standard InChI is InChI=1S/C25H33N5O3/c1-20(31)25(21-5-3-2-4-6-21)7-9-28(10-8-25)22-19-23(29-11-15-32-16-12-29)27-24(26-22)30-13-17-33-18-14-30/h2-6,19H,7-18H2,1H3. The number of carbonyl (C=O) groups excluding carboxylic acids is 1. The van der Waals surface area contributed by atoms with Crippen molar-refractivity contribution < 1.29 is 14.3 Å². The number of ketones is 1. The van der Waals surface area contributed by atoms with E-state index in [1.54, 1.807) is 6.92 Å². The molecule has 0 atom stereocenters. The van der Waals surface area contributed by atoms with E-state index in [0.29, 0.717) is 26.4 Å². The fourth-order valence-electron chi connectivity index (χ4n) is 5.15. The van der Waals surface area contributed by atoms with Gasteiger partial charge in [-0.05, 0) is 25.3 Å². The SMILES string of the molecule is CC(=O)C1(c2ccccc2)CCN(c2cc(N3CCOCC3)nc(N3CCOCC3)n2)CC1. The summed E-state index contributed by atoms with van der Waals surface area (Å²) in [6.07, 6.45) is 1.58. The van der Waals surface area contributed by atoms with Crippen LogP contribution < -0.4 is 14.7 Å². The molecule has 0 radical (unpaired) electrons. The van der Waals surface area contributed by atoms with E-state index in [2.05, 4.69) is 32.9 Å². The van der Waals surface area contributed by atoms with Crippen LogP contribution in [0.15, 0.2) is 36.4 Å². The summed E-state index contributed by atoms with van der Waals surface area (Å²) in [7, 11) is 0. The summed E-state index contributed by atoms with van der Waals surface area (Å²) in [6.45, 7) is 9.41. The highest BCUT2D eigenvalue weighted by Crippen LogP contribution is 2.38. The molecule has 3 aliphatic rings. The first-order chi connectivity index (χ1) is 16.2. The summed E-state index contributed by atoms with van der Waals surface area (Å²) >= 11 is 0. The molecule has 1 aromatic heterocycles. The number of hydrogen-bond acceptors (Lipinski definition) is 8. The Morgan fingerprint density at radius 2 is 1.30 bits per heavy atom. The van der Waals surface area contributed by atoms with Gasteiger partial charge in [-0.3, -0.25) is 4.79 Å². The van der Waals surface area contributed by atoms with E-state index in [0.717, 1.165) is 75.3 Å². The molecule has 8 heteroatoms. The lowest BCUT2D eigenvalue weighted by Gasteiger charge is -2.41. The first kappa shape index (κ1) is 22.1. The Hall–Kier alpha value is -2.71. The van der Waals surface area contributed by atoms with Crippen LogP contribution in [0.1, 0.15) is 25.3 Å². The summed E-state index contributed by atoms with van der Waals surface area (Å²) in [5.74, 6) is 2.91. The quantitative estimate of drug-likeness (QED) is 0.686. The van der Waals surface area contributed by atoms with Gasteiger partial charge in [0.15, 0.2) is 0 Å². The number of piperidine rings is 1. The van der Waals surface area contributed by atoms with Crippen molar-refractivity contribution in [2.75, 3.05) is 80.4 Å². The second kappa shape index (κ2) is 9.65. The molecule has 0 saturated carbocycles. The molecule has 3 aliphatic heterocycles. The number of benzene rings is 1. The molecule has 0 spiro atoms. The average molecular weight is 452 g/mol. The van der Waals surface area contributed by atoms with Gasteiger partial charge in [0.25, 0.3) is 0 Å². The number of morpholine rings is 2. The maximum atomic E-state index is 12.8. The highest BCUT2D eigenvalue weighted by molar-refractivity contribution is 5.88. The number of anilines is 3. The lowest BCUT2D eigenvalue weighted by Crippen LogP contribution is -2.47. The minimum atomic E-state index is -0.412. The lowest BCUT2D eigenvalue weighted by molar-refractivity contribution is -0.123. The van der Waals surface area contributed by atoms with Crippen molar-refractivity contribution in [3.8, 4) is 0 Å². The monoisotopic (exact) mass is 451 g/mol. The van der Waals surface area contributed by atoms with E-state index in [4.69, 9.17) is 19.4 Å². The molecule has 8 nitrogen and oxygen atoms in total. The Morgan fingerprint density at radius 1 is 0.788 bits per heavy atom. The summed E-state index contributed by atoms with van der Waals surface area (Å²) in [5, 5.41) is 0. The van der Waals surface area contributed by atoms with Crippen molar-refractivity contribution in [3.63, 3.8) is 0 Å². The van der Waals surface area contributed by atoms with Crippen LogP contribution in [-0.2, 0) is 19.7 Å². The fraction of sp³-hybridized carbons (Fsp3) is 0.560. The topological polar surface area (TPSA) is 71.0 Å². The smallest absolute Gasteiger partial charge is 0.229 e. The van der Waals surface area contributed by atoms with Gasteiger partial charge in [-0.1, -0.05) is 30.3 Å². The molecule has 0 aliphatic carbocycles. The van der Waals surface area contributed by atoms with Crippen molar-refractivity contribution in [1.82, 2.24) is 9.97 Å². The normalized spacial score (nSPS) is 21.2. The van der Waals surface area contributed by atoms with Crippen LogP contribution in [0.5, 0.6) is 0 Å². The Morgan fingerprint density at radius 3 is 1.85 bits per heavy atom. The number of rotatable bonds is 5. The number of carbonyl (C=O) groups is 1. The fourth-order valence-corrected chi connectivity index (χ4v) is 5.15. The molecule has 33 heavy (non-hydrogen) atoms. The summed E-state index contributed by atoms with van der Waals surface area (Å²) in [4.78, 5) is 29.5. The van der Waals surface area contributed by atoms with Gasteiger partial charge in [0.1, 0.15) is 17.4 Å². The Kier molecular flexibility index (Phi) is 6.46. The molecule has 0 bridgehead atoms. The molecule has 2 aromatic rings. The number of Topliss-reactive ketones (excluding diaryl/α,β-unsaturated/α-hetero) is 1. The van der Waals surface area contributed by atoms with Crippen molar-refractivity contribution >= 4 is 23.4 Å². The van der Waals surface area contributed by atoms with Crippen molar-refractivity contribution in [3.05, 3.63) is 42.0 Å². The zero-order valence-corrected chi connectivity index (χ0v) is 19.4. The number of aromatic nitrogens is 2. The molecular formula is C25H33N5O3. The molecule has 0 N–H and O–H groups in total. The third-order valence-corrected chi connectivity index (χ3v) is 7.26. The van der Waals surface area contributed by atoms with Crippen LogP contribution >= 0.6 is 0 Å². The van der Waals surface area contributed by atoms with Crippen LogP contribution in [-0.4, -0.2) is 81.4 Å². The highest BCUT2D eigenvalue weighted by Gasteiger charge is 2.40. The van der Waals surface area contributed by atoms with Gasteiger partial charge in [0.2, 0.25) is 5.95 Å². The predicted molar refractivity (Wildman–Crippen MR) is 128 cm³/mol. The molecule has 0 unspecified atom stereocenters. The van der Waals surface area contributed by atoms with Gasteiger partial charge in [-0.2, -0.15) is 9.97 Å². The van der Waals surface area contributed by atoms with E-state index in [-0.39, 0.29) is 5.78 Å². The average Bonchev–Trinajstić information content (AvgIpc) is 2.90. The Labute approximate surface area is 195 Å². The first-order valence-electron chi connectivity index (χ1n) is 12.0. The van der Waals surface area contributed by atoms with Gasteiger partial charge in [0.05, 0.1) is 31.8 Å². The zero-order valence-electron chi connectivity index (χ0n) is 19.4. The summed E-state index contributed by atoms with van der Waals surface area (Å²) in [6, 6.07) is 12.4. The van der Waals surface area contributed by atoms with Crippen LogP contribution in [0.25, 0.3) is 0 Å². The number of hydrogen-bond donors (Lipinski definition) is 0. The third kappa shape index (κ3) is 4.54. The number of nitrogens with zero attached hydrogens (tertiary/aromatic N) is 5. The molecule has 3 fully saturated rings. The maximum Gasteiger partial charge on any atom is 0.229 e. The Bertz CT molecular complexity index is 914. The van der Waals surface area contributed by atoms with E-state index in [1.807, 2.05) is 18.2 Å². The summed E-state index contributed by atoms with van der Waals surface area (Å²) < 4.78 is 11.1. The second-order valence-corrected chi connectivity index (χ2v) is 9.07. The van der Waals surface area contributed by atoms with Crippen molar-refractivity contribution in [2.45, 2.75) is 25.2 Å². The lowest BCUT2D eigenvalue weighted by atomic mass is 9.70. The van der Waals surface area contributed by atoms with E-state index in [9.17, 15) is 4.79 Å². The van der Waals surface area contributed by atoms with Crippen molar-refractivity contribution in [1.29, 1.82) is 0 Å². The molecule has 1 aromatic carbocycles. The molecule has 0 amide bonds. The zero-order chi connectivity index (χ0) is 22.7. The largest absolute Gasteiger partial charge is 0.378 e. The van der Waals surface area contributed by atoms with Gasteiger partial charge in [0, 0.05) is 45.3 Å². The van der Waals surface area contributed by atoms with Crippen LogP contribution in [0.2, 0.25) is 0 Å². The Balaban J connectivity index is 1.42. The van der Waals surface area contributed by atoms with Gasteiger partial charge >= 0.3 is 0 Å². The highest BCUT2D eigenvalue weighted by atomic mass is 16.5.